The van der Waals surface area contributed by atoms with Crippen LogP contribution >= 0.6 is 0 Å². The molecule has 0 bridgehead atoms. The third kappa shape index (κ3) is 4.50. The average molecular weight is 387 g/mol. The highest BCUT2D eigenvalue weighted by Gasteiger charge is 2.21. The van der Waals surface area contributed by atoms with Crippen LogP contribution in [0.25, 0.3) is 11.4 Å². The predicted octanol–water partition coefficient (Wildman–Crippen LogP) is 3.34. The lowest BCUT2D eigenvalue weighted by Gasteiger charge is -2.23. The molecule has 2 aromatic heterocycles. The van der Waals surface area contributed by atoms with Gasteiger partial charge in [0.15, 0.2) is 6.29 Å². The molecule has 0 N–H and O–H groups in total. The van der Waals surface area contributed by atoms with Crippen LogP contribution in [0, 0.1) is 6.92 Å². The monoisotopic (exact) mass is 387 g/mol. The van der Waals surface area contributed by atoms with Crippen molar-refractivity contribution in [2.24, 2.45) is 7.05 Å². The van der Waals surface area contributed by atoms with Gasteiger partial charge in [-0.2, -0.15) is 0 Å². The van der Waals surface area contributed by atoms with Crippen molar-refractivity contribution in [3.63, 3.8) is 0 Å². The Morgan fingerprint density at radius 2 is 1.96 bits per heavy atom. The SMILES string of the molecule is Cc1nc(-c2nnn(C)c2COC2CCCCO2)cnc1OC1CCCCC1. The van der Waals surface area contributed by atoms with Crippen LogP contribution < -0.4 is 4.74 Å². The van der Waals surface area contributed by atoms with Crippen LogP contribution in [0.2, 0.25) is 0 Å². The molecule has 1 unspecified atom stereocenters. The summed E-state index contributed by atoms with van der Waals surface area (Å²) < 4.78 is 19.4. The minimum absolute atomic E-state index is 0.157. The van der Waals surface area contributed by atoms with Crippen molar-refractivity contribution < 1.29 is 14.2 Å². The third-order valence-corrected chi connectivity index (χ3v) is 5.46. The molecule has 0 spiro atoms. The minimum atomic E-state index is -0.157. The maximum absolute atomic E-state index is 6.08. The third-order valence-electron chi connectivity index (χ3n) is 5.46. The van der Waals surface area contributed by atoms with E-state index >= 15 is 0 Å². The van der Waals surface area contributed by atoms with Crippen LogP contribution in [0.1, 0.15) is 62.8 Å². The summed E-state index contributed by atoms with van der Waals surface area (Å²) in [4.78, 5) is 9.21. The van der Waals surface area contributed by atoms with Crippen LogP contribution in [-0.4, -0.2) is 44.0 Å². The maximum atomic E-state index is 6.08. The molecule has 1 saturated carbocycles. The molecule has 8 heteroatoms. The number of hydrogen-bond acceptors (Lipinski definition) is 7. The van der Waals surface area contributed by atoms with Gasteiger partial charge in [-0.25, -0.2) is 14.6 Å². The van der Waals surface area contributed by atoms with Crippen molar-refractivity contribution >= 4 is 0 Å². The molecule has 8 nitrogen and oxygen atoms in total. The number of nitrogens with zero attached hydrogens (tertiary/aromatic N) is 5. The molecule has 4 rings (SSSR count). The molecule has 2 fully saturated rings. The molecule has 152 valence electrons. The Balaban J connectivity index is 1.46. The van der Waals surface area contributed by atoms with Gasteiger partial charge in [-0.05, 0) is 51.9 Å². The average Bonchev–Trinajstić information content (AvgIpc) is 3.10. The Labute approximate surface area is 165 Å². The smallest absolute Gasteiger partial charge is 0.235 e. The van der Waals surface area contributed by atoms with Crippen LogP contribution in [0.15, 0.2) is 6.20 Å². The van der Waals surface area contributed by atoms with Crippen LogP contribution in [-0.2, 0) is 23.1 Å². The normalized spacial score (nSPS) is 21.0. The number of aromatic nitrogens is 5. The fraction of sp³-hybridized carbons (Fsp3) is 0.700. The summed E-state index contributed by atoms with van der Waals surface area (Å²) in [6.45, 7) is 3.07. The molecule has 1 atom stereocenters. The van der Waals surface area contributed by atoms with E-state index < -0.39 is 0 Å². The topological polar surface area (TPSA) is 84.2 Å². The van der Waals surface area contributed by atoms with Gasteiger partial charge in [-0.15, -0.1) is 5.10 Å². The van der Waals surface area contributed by atoms with E-state index in [0.717, 1.165) is 50.1 Å². The number of ether oxygens (including phenoxy) is 3. The molecule has 0 aromatic carbocycles. The van der Waals surface area contributed by atoms with E-state index in [2.05, 4.69) is 20.3 Å². The number of hydrogen-bond donors (Lipinski definition) is 0. The Morgan fingerprint density at radius 3 is 2.71 bits per heavy atom. The highest BCUT2D eigenvalue weighted by molar-refractivity contribution is 5.56. The number of rotatable bonds is 6. The van der Waals surface area contributed by atoms with Gasteiger partial charge in [-0.1, -0.05) is 11.6 Å². The maximum Gasteiger partial charge on any atom is 0.235 e. The van der Waals surface area contributed by atoms with Gasteiger partial charge < -0.3 is 14.2 Å². The molecule has 3 heterocycles. The molecule has 0 amide bonds. The highest BCUT2D eigenvalue weighted by atomic mass is 16.7. The summed E-state index contributed by atoms with van der Waals surface area (Å²) in [6.07, 6.45) is 10.9. The van der Waals surface area contributed by atoms with Crippen molar-refractivity contribution in [1.29, 1.82) is 0 Å². The largest absolute Gasteiger partial charge is 0.473 e. The number of aryl methyl sites for hydroxylation is 2. The zero-order valence-corrected chi connectivity index (χ0v) is 16.8. The van der Waals surface area contributed by atoms with E-state index in [9.17, 15) is 0 Å². The van der Waals surface area contributed by atoms with E-state index in [-0.39, 0.29) is 12.4 Å². The van der Waals surface area contributed by atoms with Gasteiger partial charge >= 0.3 is 0 Å². The van der Waals surface area contributed by atoms with Crippen molar-refractivity contribution in [1.82, 2.24) is 25.0 Å². The van der Waals surface area contributed by atoms with Crippen LogP contribution in [0.3, 0.4) is 0 Å². The first-order chi connectivity index (χ1) is 13.7. The molecule has 1 saturated heterocycles. The summed E-state index contributed by atoms with van der Waals surface area (Å²) in [5.74, 6) is 0.618. The van der Waals surface area contributed by atoms with E-state index in [0.29, 0.717) is 23.9 Å². The molecule has 1 aliphatic heterocycles. The molecule has 2 aromatic rings. The second-order valence-electron chi connectivity index (χ2n) is 7.64. The minimum Gasteiger partial charge on any atom is -0.473 e. The van der Waals surface area contributed by atoms with E-state index in [1.54, 1.807) is 10.9 Å². The Bertz CT molecular complexity index is 782. The van der Waals surface area contributed by atoms with Gasteiger partial charge in [0.25, 0.3) is 0 Å². The zero-order valence-electron chi connectivity index (χ0n) is 16.8. The summed E-state index contributed by atoms with van der Waals surface area (Å²) in [7, 11) is 1.86. The first-order valence-corrected chi connectivity index (χ1v) is 10.3. The van der Waals surface area contributed by atoms with Crippen molar-refractivity contribution in [2.75, 3.05) is 6.61 Å². The Hall–Kier alpha value is -2.06. The highest BCUT2D eigenvalue weighted by Crippen LogP contribution is 2.26. The van der Waals surface area contributed by atoms with Gasteiger partial charge in [0, 0.05) is 13.7 Å². The van der Waals surface area contributed by atoms with Crippen molar-refractivity contribution in [2.45, 2.75) is 77.3 Å². The van der Waals surface area contributed by atoms with Gasteiger partial charge in [-0.3, -0.25) is 0 Å². The first-order valence-electron chi connectivity index (χ1n) is 10.3. The lowest BCUT2D eigenvalue weighted by molar-refractivity contribution is -0.169. The molecule has 2 aliphatic rings. The van der Waals surface area contributed by atoms with Gasteiger partial charge in [0.2, 0.25) is 5.88 Å². The quantitative estimate of drug-likeness (QED) is 0.751. The molecule has 28 heavy (non-hydrogen) atoms. The van der Waals surface area contributed by atoms with Gasteiger partial charge in [0.1, 0.15) is 23.2 Å². The second-order valence-corrected chi connectivity index (χ2v) is 7.64. The fourth-order valence-electron chi connectivity index (χ4n) is 3.79. The molecule has 1 aliphatic carbocycles. The first kappa shape index (κ1) is 19.3. The lowest BCUT2D eigenvalue weighted by Crippen LogP contribution is -2.22. The summed E-state index contributed by atoms with van der Waals surface area (Å²) in [5.41, 5.74) is 3.02. The Morgan fingerprint density at radius 1 is 1.14 bits per heavy atom. The standard InChI is InChI=1S/C20H29N5O3/c1-14-20(28-15-8-4-3-5-9-15)21-12-16(22-14)19-17(25(2)24-23-19)13-27-18-10-6-7-11-26-18/h12,15,18H,3-11,13H2,1-2H3. The second kappa shape index (κ2) is 8.96. The summed E-state index contributed by atoms with van der Waals surface area (Å²) in [6, 6.07) is 0. The van der Waals surface area contributed by atoms with E-state index in [1.807, 2.05) is 14.0 Å². The summed E-state index contributed by atoms with van der Waals surface area (Å²) in [5, 5.41) is 8.43. The van der Waals surface area contributed by atoms with E-state index in [1.165, 1.54) is 19.3 Å². The van der Waals surface area contributed by atoms with Crippen molar-refractivity contribution in [3.05, 3.63) is 17.6 Å². The predicted molar refractivity (Wildman–Crippen MR) is 103 cm³/mol. The lowest BCUT2D eigenvalue weighted by atomic mass is 9.98. The molecule has 0 radical (unpaired) electrons. The Kier molecular flexibility index (Phi) is 6.17. The molecular formula is C20H29N5O3. The van der Waals surface area contributed by atoms with Crippen LogP contribution in [0.4, 0.5) is 0 Å². The molecular weight excluding hydrogens is 358 g/mol. The van der Waals surface area contributed by atoms with Crippen LogP contribution in [0.5, 0.6) is 5.88 Å². The van der Waals surface area contributed by atoms with Gasteiger partial charge in [0.05, 0.1) is 18.5 Å². The summed E-state index contributed by atoms with van der Waals surface area (Å²) >= 11 is 0. The van der Waals surface area contributed by atoms with E-state index in [4.69, 9.17) is 14.2 Å². The van der Waals surface area contributed by atoms with Crippen molar-refractivity contribution in [3.8, 4) is 17.3 Å². The fourth-order valence-corrected chi connectivity index (χ4v) is 3.79. The zero-order chi connectivity index (χ0) is 19.3.